The average molecular weight is 263 g/mol. The third-order valence-corrected chi connectivity index (χ3v) is 4.46. The second kappa shape index (κ2) is 5.98. The van der Waals surface area contributed by atoms with Gasteiger partial charge >= 0.3 is 0 Å². The molecule has 1 aliphatic rings. The highest BCUT2D eigenvalue weighted by Gasteiger charge is 2.32. The number of anilines is 1. The molecule has 0 radical (unpaired) electrons. The lowest BCUT2D eigenvalue weighted by atomic mass is 9.73. The molecule has 1 heterocycles. The molecule has 3 nitrogen and oxygen atoms in total. The third-order valence-electron chi connectivity index (χ3n) is 4.46. The molecule has 19 heavy (non-hydrogen) atoms. The van der Waals surface area contributed by atoms with E-state index in [0.717, 1.165) is 18.2 Å². The minimum atomic E-state index is 0.383. The number of hydrogen-bond donors (Lipinski definition) is 1. The zero-order valence-electron chi connectivity index (χ0n) is 13.0. The highest BCUT2D eigenvalue weighted by atomic mass is 15.2. The van der Waals surface area contributed by atoms with Crippen LogP contribution < -0.4 is 5.32 Å². The fourth-order valence-corrected chi connectivity index (χ4v) is 3.08. The lowest BCUT2D eigenvalue weighted by molar-refractivity contribution is 0.216. The second-order valence-corrected chi connectivity index (χ2v) is 6.68. The van der Waals surface area contributed by atoms with Crippen molar-refractivity contribution >= 4 is 5.95 Å². The molecule has 1 aromatic rings. The van der Waals surface area contributed by atoms with E-state index in [9.17, 15) is 0 Å². The van der Waals surface area contributed by atoms with E-state index in [1.54, 1.807) is 0 Å². The fourth-order valence-electron chi connectivity index (χ4n) is 3.08. The van der Waals surface area contributed by atoms with E-state index in [1.165, 1.54) is 38.5 Å². The van der Waals surface area contributed by atoms with Crippen LogP contribution in [0.1, 0.15) is 65.0 Å². The summed E-state index contributed by atoms with van der Waals surface area (Å²) in [5.41, 5.74) is 1.50. The molecule has 1 atom stereocenters. The summed E-state index contributed by atoms with van der Waals surface area (Å²) in [6.45, 7) is 10.2. The van der Waals surface area contributed by atoms with Gasteiger partial charge in [-0.1, -0.05) is 40.0 Å². The molecular weight excluding hydrogens is 234 g/mol. The summed E-state index contributed by atoms with van der Waals surface area (Å²) in [6.07, 6.45) is 9.92. The smallest absolute Gasteiger partial charge is 0.203 e. The van der Waals surface area contributed by atoms with Crippen LogP contribution in [0.15, 0.2) is 6.20 Å². The van der Waals surface area contributed by atoms with Gasteiger partial charge < -0.3 is 9.88 Å². The Kier molecular flexibility index (Phi) is 4.54. The van der Waals surface area contributed by atoms with Crippen molar-refractivity contribution in [2.75, 3.05) is 5.32 Å². The Balaban J connectivity index is 2.09. The number of nitrogens with one attached hydrogen (secondary N) is 1. The Morgan fingerprint density at radius 3 is 2.89 bits per heavy atom. The first-order valence-electron chi connectivity index (χ1n) is 7.83. The SMILES string of the molecule is CCCCn1cc(C)nc1NC1CCCCC1(C)C. The van der Waals surface area contributed by atoms with E-state index in [0.29, 0.717) is 11.5 Å². The maximum atomic E-state index is 4.68. The number of aryl methyl sites for hydroxylation is 2. The van der Waals surface area contributed by atoms with Gasteiger partial charge in [-0.25, -0.2) is 4.98 Å². The number of unbranched alkanes of at least 4 members (excludes halogenated alkanes) is 1. The maximum Gasteiger partial charge on any atom is 0.203 e. The standard InChI is InChI=1S/C16H29N3/c1-5-6-11-19-12-13(2)17-15(19)18-14-9-7-8-10-16(14,3)4/h12,14H,5-11H2,1-4H3,(H,17,18). The Hall–Kier alpha value is -0.990. The first kappa shape index (κ1) is 14.4. The van der Waals surface area contributed by atoms with Crippen LogP contribution >= 0.6 is 0 Å². The molecule has 0 aliphatic heterocycles. The minimum Gasteiger partial charge on any atom is -0.352 e. The van der Waals surface area contributed by atoms with Gasteiger partial charge in [0.1, 0.15) is 0 Å². The van der Waals surface area contributed by atoms with Crippen LogP contribution in [0.3, 0.4) is 0 Å². The molecule has 1 saturated carbocycles. The molecule has 0 spiro atoms. The lowest BCUT2D eigenvalue weighted by Gasteiger charge is -2.39. The van der Waals surface area contributed by atoms with Crippen LogP contribution in [0.25, 0.3) is 0 Å². The normalized spacial score (nSPS) is 22.4. The molecule has 3 heteroatoms. The van der Waals surface area contributed by atoms with E-state index in [1.807, 2.05) is 0 Å². The van der Waals surface area contributed by atoms with Crippen molar-refractivity contribution in [3.8, 4) is 0 Å². The average Bonchev–Trinajstić information content (AvgIpc) is 2.69. The van der Waals surface area contributed by atoms with Gasteiger partial charge in [0.05, 0.1) is 5.69 Å². The van der Waals surface area contributed by atoms with Gasteiger partial charge in [-0.2, -0.15) is 0 Å². The monoisotopic (exact) mass is 263 g/mol. The first-order valence-corrected chi connectivity index (χ1v) is 7.83. The topological polar surface area (TPSA) is 29.9 Å². The van der Waals surface area contributed by atoms with Crippen molar-refractivity contribution in [2.45, 2.75) is 78.8 Å². The van der Waals surface area contributed by atoms with Crippen molar-refractivity contribution in [3.05, 3.63) is 11.9 Å². The van der Waals surface area contributed by atoms with Crippen molar-refractivity contribution in [1.82, 2.24) is 9.55 Å². The van der Waals surface area contributed by atoms with Gasteiger partial charge in [0.25, 0.3) is 0 Å². The van der Waals surface area contributed by atoms with Gasteiger partial charge in [0.15, 0.2) is 0 Å². The van der Waals surface area contributed by atoms with Crippen LogP contribution in [0.5, 0.6) is 0 Å². The lowest BCUT2D eigenvalue weighted by Crippen LogP contribution is -2.39. The summed E-state index contributed by atoms with van der Waals surface area (Å²) >= 11 is 0. The Labute approximate surface area is 117 Å². The Bertz CT molecular complexity index is 406. The molecule has 1 unspecified atom stereocenters. The quantitative estimate of drug-likeness (QED) is 0.854. The molecule has 0 saturated heterocycles. The van der Waals surface area contributed by atoms with Crippen LogP contribution in [0, 0.1) is 12.3 Å². The highest BCUT2D eigenvalue weighted by molar-refractivity contribution is 5.31. The van der Waals surface area contributed by atoms with Crippen LogP contribution in [0.4, 0.5) is 5.95 Å². The molecular formula is C16H29N3. The molecule has 1 aromatic heterocycles. The van der Waals surface area contributed by atoms with Gasteiger partial charge in [-0.3, -0.25) is 0 Å². The zero-order chi connectivity index (χ0) is 13.9. The number of aromatic nitrogens is 2. The van der Waals surface area contributed by atoms with Crippen LogP contribution in [-0.2, 0) is 6.54 Å². The van der Waals surface area contributed by atoms with Gasteiger partial charge in [-0.05, 0) is 31.6 Å². The Morgan fingerprint density at radius 2 is 2.21 bits per heavy atom. The van der Waals surface area contributed by atoms with Crippen LogP contribution in [-0.4, -0.2) is 15.6 Å². The van der Waals surface area contributed by atoms with Gasteiger partial charge in [-0.15, -0.1) is 0 Å². The summed E-state index contributed by atoms with van der Waals surface area (Å²) in [7, 11) is 0. The van der Waals surface area contributed by atoms with Crippen molar-refractivity contribution in [3.63, 3.8) is 0 Å². The number of imidazole rings is 1. The summed E-state index contributed by atoms with van der Waals surface area (Å²) in [6, 6.07) is 0.559. The number of nitrogens with zero attached hydrogens (tertiary/aromatic N) is 2. The van der Waals surface area contributed by atoms with E-state index < -0.39 is 0 Å². The molecule has 1 fully saturated rings. The van der Waals surface area contributed by atoms with E-state index in [4.69, 9.17) is 0 Å². The third kappa shape index (κ3) is 3.52. The Morgan fingerprint density at radius 1 is 1.42 bits per heavy atom. The van der Waals surface area contributed by atoms with E-state index in [-0.39, 0.29) is 0 Å². The van der Waals surface area contributed by atoms with Crippen molar-refractivity contribution in [2.24, 2.45) is 5.41 Å². The summed E-state index contributed by atoms with van der Waals surface area (Å²) < 4.78 is 2.30. The summed E-state index contributed by atoms with van der Waals surface area (Å²) in [5.74, 6) is 1.07. The number of hydrogen-bond acceptors (Lipinski definition) is 2. The highest BCUT2D eigenvalue weighted by Crippen LogP contribution is 2.37. The minimum absolute atomic E-state index is 0.383. The summed E-state index contributed by atoms with van der Waals surface area (Å²) in [5, 5.41) is 3.72. The molecule has 0 aromatic carbocycles. The second-order valence-electron chi connectivity index (χ2n) is 6.68. The van der Waals surface area contributed by atoms with Gasteiger partial charge in [0.2, 0.25) is 5.95 Å². The molecule has 1 N–H and O–H groups in total. The van der Waals surface area contributed by atoms with Crippen LogP contribution in [0.2, 0.25) is 0 Å². The van der Waals surface area contributed by atoms with Crippen molar-refractivity contribution in [1.29, 1.82) is 0 Å². The predicted octanol–water partition coefficient (Wildman–Crippen LogP) is 4.37. The molecule has 108 valence electrons. The zero-order valence-corrected chi connectivity index (χ0v) is 13.0. The molecule has 2 rings (SSSR count). The van der Waals surface area contributed by atoms with E-state index >= 15 is 0 Å². The molecule has 0 amide bonds. The van der Waals surface area contributed by atoms with Crippen molar-refractivity contribution < 1.29 is 0 Å². The maximum absolute atomic E-state index is 4.68. The van der Waals surface area contributed by atoms with Gasteiger partial charge in [0, 0.05) is 18.8 Å². The fraction of sp³-hybridized carbons (Fsp3) is 0.812. The first-order chi connectivity index (χ1) is 9.03. The summed E-state index contributed by atoms with van der Waals surface area (Å²) in [4.78, 5) is 4.68. The van der Waals surface area contributed by atoms with E-state index in [2.05, 4.69) is 48.8 Å². The predicted molar refractivity (Wildman–Crippen MR) is 81.5 cm³/mol. The molecule has 0 bridgehead atoms. The molecule has 1 aliphatic carbocycles. The number of rotatable bonds is 5. The largest absolute Gasteiger partial charge is 0.352 e.